The minimum atomic E-state index is 0.160. The van der Waals surface area contributed by atoms with Crippen LogP contribution in [0.1, 0.15) is 18.3 Å². The van der Waals surface area contributed by atoms with E-state index in [4.69, 9.17) is 4.74 Å². The Balaban J connectivity index is 2.83. The fourth-order valence-corrected chi connectivity index (χ4v) is 1.37. The molecular weight excluding hydrogens is 204 g/mol. The standard InChI is InChI=1S/C11H20N4O/c1-7(16-5)6-13-11-8(2)10(12-4)14-9(3)15-11/h7H,6H2,1-5H3,(H2,12,13,14,15). The van der Waals surface area contributed by atoms with Crippen molar-refractivity contribution in [2.75, 3.05) is 31.3 Å². The van der Waals surface area contributed by atoms with Gasteiger partial charge in [0.1, 0.15) is 17.5 Å². The molecule has 0 spiro atoms. The second-order valence-electron chi connectivity index (χ2n) is 3.77. The van der Waals surface area contributed by atoms with E-state index in [0.717, 1.165) is 29.6 Å². The predicted octanol–water partition coefficient (Wildman–Crippen LogP) is 1.58. The van der Waals surface area contributed by atoms with Crippen LogP contribution in [-0.4, -0.2) is 36.8 Å². The molecule has 0 saturated heterocycles. The number of ether oxygens (including phenoxy) is 1. The van der Waals surface area contributed by atoms with Gasteiger partial charge in [-0.2, -0.15) is 0 Å². The van der Waals surface area contributed by atoms with Crippen molar-refractivity contribution in [2.45, 2.75) is 26.9 Å². The lowest BCUT2D eigenvalue weighted by Gasteiger charge is -2.15. The molecule has 1 heterocycles. The van der Waals surface area contributed by atoms with Crippen molar-refractivity contribution in [1.29, 1.82) is 0 Å². The lowest BCUT2D eigenvalue weighted by Crippen LogP contribution is -2.20. The molecule has 0 fully saturated rings. The minimum Gasteiger partial charge on any atom is -0.380 e. The number of methoxy groups -OCH3 is 1. The van der Waals surface area contributed by atoms with Gasteiger partial charge >= 0.3 is 0 Å². The molecule has 0 aromatic carbocycles. The fraction of sp³-hybridized carbons (Fsp3) is 0.636. The van der Waals surface area contributed by atoms with Crippen LogP contribution >= 0.6 is 0 Å². The highest BCUT2D eigenvalue weighted by Gasteiger charge is 2.08. The maximum Gasteiger partial charge on any atom is 0.134 e. The Hall–Kier alpha value is -1.36. The minimum absolute atomic E-state index is 0.160. The first kappa shape index (κ1) is 12.7. The van der Waals surface area contributed by atoms with Crippen molar-refractivity contribution in [3.05, 3.63) is 11.4 Å². The quantitative estimate of drug-likeness (QED) is 0.795. The van der Waals surface area contributed by atoms with Crippen LogP contribution in [0.25, 0.3) is 0 Å². The highest BCUT2D eigenvalue weighted by Crippen LogP contribution is 2.19. The van der Waals surface area contributed by atoms with Crippen LogP contribution in [0.5, 0.6) is 0 Å². The van der Waals surface area contributed by atoms with Gasteiger partial charge in [-0.15, -0.1) is 0 Å². The average molecular weight is 224 g/mol. The number of hydrogen-bond acceptors (Lipinski definition) is 5. The fourth-order valence-electron chi connectivity index (χ4n) is 1.37. The Kier molecular flexibility index (Phi) is 4.49. The van der Waals surface area contributed by atoms with Gasteiger partial charge in [0.05, 0.1) is 6.10 Å². The molecule has 1 unspecified atom stereocenters. The summed E-state index contributed by atoms with van der Waals surface area (Å²) in [6.07, 6.45) is 0.160. The molecular formula is C11H20N4O. The summed E-state index contributed by atoms with van der Waals surface area (Å²) in [6, 6.07) is 0. The molecule has 0 aliphatic rings. The summed E-state index contributed by atoms with van der Waals surface area (Å²) in [5.74, 6) is 2.48. The second-order valence-corrected chi connectivity index (χ2v) is 3.77. The van der Waals surface area contributed by atoms with E-state index in [1.807, 2.05) is 27.8 Å². The summed E-state index contributed by atoms with van der Waals surface area (Å²) in [5, 5.41) is 6.32. The van der Waals surface area contributed by atoms with Crippen LogP contribution in [-0.2, 0) is 4.74 Å². The van der Waals surface area contributed by atoms with Crippen LogP contribution < -0.4 is 10.6 Å². The normalized spacial score (nSPS) is 12.3. The van der Waals surface area contributed by atoms with Gasteiger partial charge in [0.15, 0.2) is 0 Å². The van der Waals surface area contributed by atoms with Crippen molar-refractivity contribution in [2.24, 2.45) is 0 Å². The Morgan fingerprint density at radius 2 is 1.88 bits per heavy atom. The summed E-state index contributed by atoms with van der Waals surface area (Å²) >= 11 is 0. The van der Waals surface area contributed by atoms with Gasteiger partial charge in [-0.25, -0.2) is 9.97 Å². The smallest absolute Gasteiger partial charge is 0.134 e. The molecule has 1 rings (SSSR count). The Labute approximate surface area is 96.6 Å². The van der Waals surface area contributed by atoms with E-state index >= 15 is 0 Å². The van der Waals surface area contributed by atoms with Gasteiger partial charge in [-0.1, -0.05) is 0 Å². The average Bonchev–Trinajstić information content (AvgIpc) is 2.29. The third-order valence-corrected chi connectivity index (χ3v) is 2.45. The molecule has 0 saturated carbocycles. The van der Waals surface area contributed by atoms with Crippen molar-refractivity contribution in [3.8, 4) is 0 Å². The number of nitrogens with one attached hydrogen (secondary N) is 2. The third-order valence-electron chi connectivity index (χ3n) is 2.45. The van der Waals surface area contributed by atoms with E-state index in [1.165, 1.54) is 0 Å². The summed E-state index contributed by atoms with van der Waals surface area (Å²) in [4.78, 5) is 8.68. The van der Waals surface area contributed by atoms with Crippen LogP contribution in [0.3, 0.4) is 0 Å². The lowest BCUT2D eigenvalue weighted by molar-refractivity contribution is 0.128. The van der Waals surface area contributed by atoms with Crippen molar-refractivity contribution in [1.82, 2.24) is 9.97 Å². The van der Waals surface area contributed by atoms with Crippen molar-refractivity contribution in [3.63, 3.8) is 0 Å². The molecule has 1 aromatic rings. The molecule has 0 radical (unpaired) electrons. The largest absolute Gasteiger partial charge is 0.380 e. The van der Waals surface area contributed by atoms with E-state index in [2.05, 4.69) is 20.6 Å². The van der Waals surface area contributed by atoms with Gasteiger partial charge in [-0.05, 0) is 20.8 Å². The molecule has 90 valence electrons. The van der Waals surface area contributed by atoms with E-state index in [0.29, 0.717) is 0 Å². The number of nitrogens with zero attached hydrogens (tertiary/aromatic N) is 2. The first-order chi connectivity index (χ1) is 7.58. The van der Waals surface area contributed by atoms with Gasteiger partial charge in [0, 0.05) is 26.3 Å². The SMILES string of the molecule is CNc1nc(C)nc(NCC(C)OC)c1C. The molecule has 1 aromatic heterocycles. The zero-order valence-corrected chi connectivity index (χ0v) is 10.6. The predicted molar refractivity (Wildman–Crippen MR) is 66.0 cm³/mol. The van der Waals surface area contributed by atoms with Crippen LogP contribution in [0.15, 0.2) is 0 Å². The molecule has 2 N–H and O–H groups in total. The Morgan fingerprint density at radius 3 is 2.44 bits per heavy atom. The molecule has 5 nitrogen and oxygen atoms in total. The number of hydrogen-bond donors (Lipinski definition) is 2. The van der Waals surface area contributed by atoms with Crippen LogP contribution in [0.4, 0.5) is 11.6 Å². The molecule has 1 atom stereocenters. The number of aromatic nitrogens is 2. The molecule has 0 aliphatic carbocycles. The lowest BCUT2D eigenvalue weighted by atomic mass is 10.3. The molecule has 5 heteroatoms. The summed E-state index contributed by atoms with van der Waals surface area (Å²) in [6.45, 7) is 6.61. The highest BCUT2D eigenvalue weighted by molar-refractivity contribution is 5.56. The van der Waals surface area contributed by atoms with Crippen molar-refractivity contribution >= 4 is 11.6 Å². The molecule has 0 bridgehead atoms. The zero-order valence-electron chi connectivity index (χ0n) is 10.6. The Morgan fingerprint density at radius 1 is 1.25 bits per heavy atom. The number of rotatable bonds is 5. The highest BCUT2D eigenvalue weighted by atomic mass is 16.5. The van der Waals surface area contributed by atoms with Gasteiger partial charge < -0.3 is 15.4 Å². The van der Waals surface area contributed by atoms with E-state index in [9.17, 15) is 0 Å². The molecule has 0 aliphatic heterocycles. The summed E-state index contributed by atoms with van der Waals surface area (Å²) in [5.41, 5.74) is 1.02. The third kappa shape index (κ3) is 3.06. The maximum atomic E-state index is 5.18. The molecule has 0 amide bonds. The molecule has 16 heavy (non-hydrogen) atoms. The van der Waals surface area contributed by atoms with Gasteiger partial charge in [0.25, 0.3) is 0 Å². The van der Waals surface area contributed by atoms with E-state index < -0.39 is 0 Å². The van der Waals surface area contributed by atoms with Gasteiger partial charge in [-0.3, -0.25) is 0 Å². The topological polar surface area (TPSA) is 59.1 Å². The van der Waals surface area contributed by atoms with Crippen molar-refractivity contribution < 1.29 is 4.74 Å². The summed E-state index contributed by atoms with van der Waals surface area (Å²) < 4.78 is 5.18. The zero-order chi connectivity index (χ0) is 12.1. The number of anilines is 2. The van der Waals surface area contributed by atoms with E-state index in [-0.39, 0.29) is 6.10 Å². The summed E-state index contributed by atoms with van der Waals surface area (Å²) in [7, 11) is 3.56. The Bertz CT molecular complexity index is 354. The first-order valence-electron chi connectivity index (χ1n) is 5.38. The van der Waals surface area contributed by atoms with Crippen LogP contribution in [0.2, 0.25) is 0 Å². The maximum absolute atomic E-state index is 5.18. The van der Waals surface area contributed by atoms with Gasteiger partial charge in [0.2, 0.25) is 0 Å². The first-order valence-corrected chi connectivity index (χ1v) is 5.38. The monoisotopic (exact) mass is 224 g/mol. The van der Waals surface area contributed by atoms with Crippen LogP contribution in [0, 0.1) is 13.8 Å². The second kappa shape index (κ2) is 5.65. The number of aryl methyl sites for hydroxylation is 1. The van der Waals surface area contributed by atoms with E-state index in [1.54, 1.807) is 7.11 Å².